The summed E-state index contributed by atoms with van der Waals surface area (Å²) < 4.78 is 3.49. The summed E-state index contributed by atoms with van der Waals surface area (Å²) in [7, 11) is 0. The molecule has 0 aliphatic heterocycles. The van der Waals surface area contributed by atoms with Crippen LogP contribution in [0.25, 0.3) is 34.2 Å². The molecule has 192 valence electrons. The number of nitrogens with zero attached hydrogens (tertiary/aromatic N) is 4. The second kappa shape index (κ2) is 10.1. The third kappa shape index (κ3) is 3.97. The van der Waals surface area contributed by atoms with Crippen LogP contribution in [0.5, 0.6) is 0 Å². The zero-order chi connectivity index (χ0) is 27.7. The normalized spacial score (nSPS) is 15.9. The Kier molecular flexibility index (Phi) is 6.27. The fraction of sp³-hybridized carbons (Fsp3) is 0.114. The van der Waals surface area contributed by atoms with E-state index in [2.05, 4.69) is 18.2 Å². The van der Waals surface area contributed by atoms with Gasteiger partial charge in [0, 0.05) is 17.5 Å². The first kappa shape index (κ1) is 24.9. The third-order valence-corrected chi connectivity index (χ3v) is 7.83. The summed E-state index contributed by atoms with van der Waals surface area (Å²) in [5.41, 5.74) is 4.04. The maximum atomic E-state index is 14.7. The summed E-state index contributed by atoms with van der Waals surface area (Å²) in [5.74, 6) is 0. The Labute approximate surface area is 232 Å². The van der Waals surface area contributed by atoms with Gasteiger partial charge in [-0.05, 0) is 40.6 Å². The number of fused-ring (bicyclic) bond motifs is 1. The molecule has 5 aromatic rings. The summed E-state index contributed by atoms with van der Waals surface area (Å²) in [4.78, 5) is 14.7. The predicted molar refractivity (Wildman–Crippen MR) is 157 cm³/mol. The molecule has 0 spiro atoms. The molecular formula is C35H26N4O. The molecule has 1 heterocycles. The second-order valence-corrected chi connectivity index (χ2v) is 10.0. The maximum Gasteiger partial charge on any atom is 0.331 e. The second-order valence-electron chi connectivity index (χ2n) is 10.0. The Morgan fingerprint density at radius 3 is 2.00 bits per heavy atom. The van der Waals surface area contributed by atoms with Gasteiger partial charge >= 0.3 is 5.69 Å². The van der Waals surface area contributed by atoms with Crippen LogP contribution in [-0.2, 0) is 12.1 Å². The largest absolute Gasteiger partial charge is 0.331 e. The van der Waals surface area contributed by atoms with Gasteiger partial charge in [0.05, 0.1) is 35.6 Å². The number of hydrogen-bond acceptors (Lipinski definition) is 3. The van der Waals surface area contributed by atoms with E-state index in [9.17, 15) is 15.3 Å². The molecule has 0 saturated heterocycles. The summed E-state index contributed by atoms with van der Waals surface area (Å²) in [6, 6.07) is 39.8. The summed E-state index contributed by atoms with van der Waals surface area (Å²) in [6.45, 7) is 2.26. The lowest BCUT2D eigenvalue weighted by Crippen LogP contribution is -2.47. The van der Waals surface area contributed by atoms with Crippen molar-refractivity contribution in [3.05, 3.63) is 141 Å². The number of hydrogen-bond donors (Lipinski definition) is 0. The first-order valence-electron chi connectivity index (χ1n) is 13.2. The van der Waals surface area contributed by atoms with Gasteiger partial charge in [-0.15, -0.1) is 0 Å². The first-order chi connectivity index (χ1) is 19.6. The molecule has 1 aliphatic rings. The van der Waals surface area contributed by atoms with Gasteiger partial charge in [-0.2, -0.15) is 10.5 Å². The van der Waals surface area contributed by atoms with Crippen LogP contribution in [0.15, 0.2) is 114 Å². The van der Waals surface area contributed by atoms with Gasteiger partial charge in [-0.25, -0.2) is 4.79 Å². The number of rotatable bonds is 5. The molecule has 0 radical (unpaired) electrons. The lowest BCUT2D eigenvalue weighted by molar-refractivity contribution is 0.481. The highest BCUT2D eigenvalue weighted by atomic mass is 16.2. The van der Waals surface area contributed by atoms with E-state index in [0.29, 0.717) is 24.2 Å². The molecule has 0 bridgehead atoms. The van der Waals surface area contributed by atoms with Gasteiger partial charge in [0.1, 0.15) is 0 Å². The molecule has 1 atom stereocenters. The molecule has 0 fully saturated rings. The Bertz CT molecular complexity index is 1990. The van der Waals surface area contributed by atoms with Crippen molar-refractivity contribution in [1.29, 1.82) is 10.5 Å². The SMILES string of the molecule is CC1=c2ccccc2=CCC1(C#N)n1c(-c2ccccc2)c(-c2ccccc2)n(Cc2ccc(C#N)cc2)c1=O. The van der Waals surface area contributed by atoms with Crippen molar-refractivity contribution in [3.63, 3.8) is 0 Å². The van der Waals surface area contributed by atoms with Crippen LogP contribution >= 0.6 is 0 Å². The summed E-state index contributed by atoms with van der Waals surface area (Å²) >= 11 is 0. The van der Waals surface area contributed by atoms with Crippen LogP contribution in [0, 0.1) is 22.7 Å². The van der Waals surface area contributed by atoms with Crippen molar-refractivity contribution in [2.45, 2.75) is 25.4 Å². The third-order valence-electron chi connectivity index (χ3n) is 7.83. The fourth-order valence-electron chi connectivity index (χ4n) is 5.75. The zero-order valence-electron chi connectivity index (χ0n) is 22.1. The van der Waals surface area contributed by atoms with E-state index in [1.165, 1.54) is 0 Å². The minimum absolute atomic E-state index is 0.254. The lowest BCUT2D eigenvalue weighted by Gasteiger charge is -2.32. The zero-order valence-corrected chi connectivity index (χ0v) is 22.1. The van der Waals surface area contributed by atoms with Gasteiger partial charge in [-0.1, -0.05) is 103 Å². The Balaban J connectivity index is 1.73. The molecule has 0 amide bonds. The molecule has 0 saturated carbocycles. The van der Waals surface area contributed by atoms with Gasteiger partial charge in [0.25, 0.3) is 0 Å². The molecule has 1 unspecified atom stereocenters. The fourth-order valence-corrected chi connectivity index (χ4v) is 5.75. The smallest absolute Gasteiger partial charge is 0.287 e. The minimum Gasteiger partial charge on any atom is -0.287 e. The van der Waals surface area contributed by atoms with Crippen molar-refractivity contribution in [3.8, 4) is 34.7 Å². The van der Waals surface area contributed by atoms with Crippen molar-refractivity contribution < 1.29 is 0 Å². The molecule has 6 rings (SSSR count). The Morgan fingerprint density at radius 2 is 1.38 bits per heavy atom. The summed E-state index contributed by atoms with van der Waals surface area (Å²) in [6.07, 6.45) is 2.44. The van der Waals surface area contributed by atoms with Crippen molar-refractivity contribution >= 4 is 11.6 Å². The van der Waals surface area contributed by atoms with Crippen LogP contribution in [0.2, 0.25) is 0 Å². The molecule has 4 aromatic carbocycles. The van der Waals surface area contributed by atoms with Crippen molar-refractivity contribution in [2.75, 3.05) is 0 Å². The molecule has 0 N–H and O–H groups in total. The Hall–Kier alpha value is -5.39. The van der Waals surface area contributed by atoms with E-state index in [4.69, 9.17) is 0 Å². The van der Waals surface area contributed by atoms with Gasteiger partial charge in [0.2, 0.25) is 0 Å². The lowest BCUT2D eigenvalue weighted by atomic mass is 9.82. The van der Waals surface area contributed by atoms with E-state index in [0.717, 1.165) is 38.4 Å². The minimum atomic E-state index is -1.21. The van der Waals surface area contributed by atoms with Crippen LogP contribution in [0.3, 0.4) is 0 Å². The summed E-state index contributed by atoms with van der Waals surface area (Å²) in [5, 5.41) is 22.2. The molecule has 40 heavy (non-hydrogen) atoms. The van der Waals surface area contributed by atoms with Crippen LogP contribution in [0.4, 0.5) is 0 Å². The van der Waals surface area contributed by atoms with Crippen LogP contribution in [0.1, 0.15) is 24.5 Å². The average molecular weight is 519 g/mol. The topological polar surface area (TPSA) is 74.5 Å². The van der Waals surface area contributed by atoms with E-state index in [1.807, 2.05) is 104 Å². The molecule has 5 nitrogen and oxygen atoms in total. The van der Waals surface area contributed by atoms with E-state index in [1.54, 1.807) is 21.3 Å². The maximum absolute atomic E-state index is 14.7. The monoisotopic (exact) mass is 518 g/mol. The van der Waals surface area contributed by atoms with Crippen LogP contribution in [-0.4, -0.2) is 9.13 Å². The number of aromatic nitrogens is 2. The quantitative estimate of drug-likeness (QED) is 0.322. The van der Waals surface area contributed by atoms with E-state index < -0.39 is 5.54 Å². The number of nitriles is 2. The highest BCUT2D eigenvalue weighted by Gasteiger charge is 2.41. The molecule has 1 aliphatic carbocycles. The molecule has 5 heteroatoms. The van der Waals surface area contributed by atoms with Gasteiger partial charge in [0.15, 0.2) is 5.54 Å². The van der Waals surface area contributed by atoms with E-state index >= 15 is 0 Å². The molecular weight excluding hydrogens is 492 g/mol. The number of benzene rings is 4. The standard InChI is InChI=1S/C35H26N4O/c1-25-31-15-9-8-10-28(31)20-21-35(25,24-37)39-33(30-13-6-3-7-14-30)32(29-11-4-2-5-12-29)38(34(39)40)23-27-18-16-26(22-36)17-19-27/h2-20H,21,23H2,1H3. The Morgan fingerprint density at radius 1 is 0.775 bits per heavy atom. The number of imidazole rings is 1. The molecule has 1 aromatic heterocycles. The first-order valence-corrected chi connectivity index (χ1v) is 13.2. The van der Waals surface area contributed by atoms with Gasteiger partial charge < -0.3 is 0 Å². The highest BCUT2D eigenvalue weighted by Crippen LogP contribution is 2.40. The predicted octanol–water partition coefficient (Wildman–Crippen LogP) is 5.18. The van der Waals surface area contributed by atoms with E-state index in [-0.39, 0.29) is 5.69 Å². The van der Waals surface area contributed by atoms with Gasteiger partial charge in [-0.3, -0.25) is 9.13 Å². The van der Waals surface area contributed by atoms with Crippen molar-refractivity contribution in [1.82, 2.24) is 9.13 Å². The van der Waals surface area contributed by atoms with Crippen molar-refractivity contribution in [2.24, 2.45) is 0 Å². The van der Waals surface area contributed by atoms with Crippen LogP contribution < -0.4 is 16.1 Å². The average Bonchev–Trinajstić information content (AvgIpc) is 3.31. The highest BCUT2D eigenvalue weighted by molar-refractivity contribution is 5.81.